The number of ketones is 2. The van der Waals surface area contributed by atoms with Crippen molar-refractivity contribution in [2.75, 3.05) is 38.4 Å². The normalized spacial score (nSPS) is 27.2. The van der Waals surface area contributed by atoms with E-state index in [1.807, 2.05) is 0 Å². The average Bonchev–Trinajstić information content (AvgIpc) is 2.98. The van der Waals surface area contributed by atoms with Crippen LogP contribution in [0.1, 0.15) is 49.7 Å². The van der Waals surface area contributed by atoms with Crippen LogP contribution in [0.3, 0.4) is 0 Å². The number of nitrogens with two attached hydrogens (primary N) is 2. The van der Waals surface area contributed by atoms with Gasteiger partial charge in [-0.3, -0.25) is 24.7 Å². The lowest BCUT2D eigenvalue weighted by atomic mass is 9.56. The number of benzene rings is 1. The van der Waals surface area contributed by atoms with Crippen molar-refractivity contribution >= 4 is 40.6 Å². The monoisotopic (exact) mass is 624 g/mol. The van der Waals surface area contributed by atoms with Crippen LogP contribution in [0.25, 0.3) is 5.76 Å². The summed E-state index contributed by atoms with van der Waals surface area (Å²) in [6.45, 7) is 0. The number of primary amides is 1. The van der Waals surface area contributed by atoms with E-state index in [1.165, 1.54) is 4.90 Å². The standard InChI is InChI=1S/C30H40N8O7/c1-37(2)18-12-17(34-29(35-32)33-14-8-6-5-7-9-14)23(39)20-15(18)10-13-11-16-22(38(3)4)25(41)21(28(31)44)27(43)30(16,36-45)26(42)19(13)24(20)40/h12-14,16,22,39-40,43H,5-11,32H2,1-4H3,(H2,31,44)(H2,33,34,35)/t13-,16-,22-,30-/m0/s1. The van der Waals surface area contributed by atoms with Gasteiger partial charge in [-0.25, -0.2) is 10.8 Å². The van der Waals surface area contributed by atoms with Crippen LogP contribution in [-0.4, -0.2) is 89.5 Å². The van der Waals surface area contributed by atoms with Gasteiger partial charge in [0.15, 0.2) is 5.78 Å². The van der Waals surface area contributed by atoms with Gasteiger partial charge >= 0.3 is 0 Å². The number of fused-ring (bicyclic) bond motifs is 3. The number of carbonyl (C=O) groups is 3. The first-order valence-corrected chi connectivity index (χ1v) is 14.9. The fourth-order valence-electron chi connectivity index (χ4n) is 7.56. The van der Waals surface area contributed by atoms with E-state index in [4.69, 9.17) is 11.6 Å². The number of nitrogens with one attached hydrogen (secondary N) is 2. The lowest BCUT2D eigenvalue weighted by molar-refractivity contribution is -0.134. The number of nitrogens with zero attached hydrogens (tertiary/aromatic N) is 4. The Bertz CT molecular complexity index is 1560. The number of anilines is 2. The summed E-state index contributed by atoms with van der Waals surface area (Å²) in [6.07, 6.45) is 5.15. The number of phenolic OH excluding ortho intramolecular Hbond substituents is 1. The van der Waals surface area contributed by atoms with Gasteiger partial charge in [0.05, 0.1) is 23.3 Å². The molecule has 0 aliphatic heterocycles. The Morgan fingerprint density at radius 2 is 1.76 bits per heavy atom. The Kier molecular flexibility index (Phi) is 8.35. The number of phenols is 1. The summed E-state index contributed by atoms with van der Waals surface area (Å²) < 4.78 is 0. The number of Topliss-reactive ketones (excluding diaryl/α,β-unsaturated/α-hetero) is 2. The van der Waals surface area contributed by atoms with E-state index in [9.17, 15) is 34.6 Å². The summed E-state index contributed by atoms with van der Waals surface area (Å²) in [5.74, 6) is -1.22. The number of hydrazine groups is 1. The number of guanidine groups is 1. The summed E-state index contributed by atoms with van der Waals surface area (Å²) in [4.78, 5) is 60.6. The van der Waals surface area contributed by atoms with E-state index in [2.05, 4.69) is 20.9 Å². The molecule has 4 aliphatic rings. The van der Waals surface area contributed by atoms with Gasteiger partial charge in [0.25, 0.3) is 5.91 Å². The topological polar surface area (TPSA) is 236 Å². The molecule has 15 heteroatoms. The molecule has 4 atom stereocenters. The highest BCUT2D eigenvalue weighted by molar-refractivity contribution is 6.25. The second kappa shape index (κ2) is 11.8. The molecule has 4 aliphatic carbocycles. The van der Waals surface area contributed by atoms with Gasteiger partial charge in [-0.05, 0) is 62.5 Å². The van der Waals surface area contributed by atoms with Crippen molar-refractivity contribution in [2.45, 2.75) is 62.6 Å². The van der Waals surface area contributed by atoms with Crippen LogP contribution in [0, 0.1) is 16.7 Å². The van der Waals surface area contributed by atoms with Crippen molar-refractivity contribution in [1.29, 1.82) is 0 Å². The van der Waals surface area contributed by atoms with Crippen LogP contribution in [0.2, 0.25) is 0 Å². The maximum absolute atomic E-state index is 14.3. The molecule has 9 N–H and O–H groups in total. The predicted octanol–water partition coefficient (Wildman–Crippen LogP) is 1.37. The molecule has 2 fully saturated rings. The summed E-state index contributed by atoms with van der Waals surface area (Å²) in [5, 5.41) is 40.6. The molecule has 15 nitrogen and oxygen atoms in total. The van der Waals surface area contributed by atoms with Crippen LogP contribution in [0.5, 0.6) is 5.75 Å². The predicted molar refractivity (Wildman–Crippen MR) is 167 cm³/mol. The van der Waals surface area contributed by atoms with E-state index >= 15 is 0 Å². The molecular formula is C30H40N8O7. The number of aliphatic hydroxyl groups excluding tert-OH is 2. The molecule has 242 valence electrons. The molecule has 5 rings (SSSR count). The van der Waals surface area contributed by atoms with Crippen molar-refractivity contribution in [2.24, 2.45) is 33.6 Å². The van der Waals surface area contributed by atoms with Crippen molar-refractivity contribution in [3.63, 3.8) is 0 Å². The molecule has 1 aromatic rings. The van der Waals surface area contributed by atoms with E-state index in [0.717, 1.165) is 32.1 Å². The molecule has 0 unspecified atom stereocenters. The summed E-state index contributed by atoms with van der Waals surface area (Å²) >= 11 is 0. The molecule has 0 aromatic heterocycles. The summed E-state index contributed by atoms with van der Waals surface area (Å²) in [6, 6.07) is 0.540. The maximum atomic E-state index is 14.3. The molecule has 1 amide bonds. The largest absolute Gasteiger partial charge is 0.508 e. The van der Waals surface area contributed by atoms with Crippen molar-refractivity contribution in [3.05, 3.63) is 39.0 Å². The first kappa shape index (κ1) is 31.9. The average molecular weight is 625 g/mol. The van der Waals surface area contributed by atoms with Crippen molar-refractivity contribution in [3.8, 4) is 5.75 Å². The van der Waals surface area contributed by atoms with Crippen LogP contribution >= 0.6 is 0 Å². The Morgan fingerprint density at radius 1 is 1.09 bits per heavy atom. The van der Waals surface area contributed by atoms with E-state index in [-0.39, 0.29) is 41.7 Å². The number of nitroso groups, excluding NO2 is 1. The molecule has 0 heterocycles. The molecule has 45 heavy (non-hydrogen) atoms. The smallest absolute Gasteiger partial charge is 0.255 e. The SMILES string of the molecule is CN(C)c1cc(NC(=NC2CCCCC2)NN)c(O)c2c1C[C@H]1C[C@H]3[C@H](N(C)C)C(=O)C(C(N)=O)=C(O)[C@@]3(N=O)C(=O)C1=C2O. The number of hydrogen-bond acceptors (Lipinski definition) is 12. The maximum Gasteiger partial charge on any atom is 0.255 e. The number of aromatic hydroxyl groups is 1. The van der Waals surface area contributed by atoms with Gasteiger partial charge in [-0.1, -0.05) is 19.3 Å². The zero-order valence-electron chi connectivity index (χ0n) is 25.8. The fraction of sp³-hybridized carbons (Fsp3) is 0.533. The number of rotatable bonds is 6. The molecule has 0 radical (unpaired) electrons. The molecule has 0 spiro atoms. The second-order valence-corrected chi connectivity index (χ2v) is 12.6. The number of aliphatic imine (C=N–C) groups is 1. The molecule has 2 saturated carbocycles. The fourth-order valence-corrected chi connectivity index (χ4v) is 7.56. The van der Waals surface area contributed by atoms with E-state index in [0.29, 0.717) is 11.3 Å². The third kappa shape index (κ3) is 4.90. The highest BCUT2D eigenvalue weighted by Crippen LogP contribution is 2.55. The minimum absolute atomic E-state index is 0.0239. The zero-order chi connectivity index (χ0) is 33.0. The van der Waals surface area contributed by atoms with Gasteiger partial charge < -0.3 is 31.3 Å². The Morgan fingerprint density at radius 3 is 2.31 bits per heavy atom. The van der Waals surface area contributed by atoms with Gasteiger partial charge in [-0.2, -0.15) is 0 Å². The van der Waals surface area contributed by atoms with Gasteiger partial charge in [0, 0.05) is 31.3 Å². The van der Waals surface area contributed by atoms with Crippen molar-refractivity contribution in [1.82, 2.24) is 10.3 Å². The molecule has 1 aromatic carbocycles. The lowest BCUT2D eigenvalue weighted by Crippen LogP contribution is -2.64. The minimum Gasteiger partial charge on any atom is -0.508 e. The first-order chi connectivity index (χ1) is 21.3. The van der Waals surface area contributed by atoms with E-state index < -0.39 is 63.7 Å². The van der Waals surface area contributed by atoms with Crippen LogP contribution < -0.4 is 27.2 Å². The zero-order valence-corrected chi connectivity index (χ0v) is 25.8. The highest BCUT2D eigenvalue weighted by Gasteiger charge is 2.66. The van der Waals surface area contributed by atoms with Gasteiger partial charge in [0.2, 0.25) is 17.3 Å². The molecule has 0 saturated heterocycles. The van der Waals surface area contributed by atoms with Crippen LogP contribution in [0.4, 0.5) is 11.4 Å². The van der Waals surface area contributed by atoms with Crippen LogP contribution in [-0.2, 0) is 20.8 Å². The molecule has 0 bridgehead atoms. The first-order valence-electron chi connectivity index (χ1n) is 14.9. The third-order valence-corrected chi connectivity index (χ3v) is 9.60. The van der Waals surface area contributed by atoms with Crippen LogP contribution in [0.15, 0.2) is 33.1 Å². The number of hydrogen-bond donors (Lipinski definition) is 7. The van der Waals surface area contributed by atoms with Crippen molar-refractivity contribution < 1.29 is 29.7 Å². The highest BCUT2D eigenvalue weighted by atomic mass is 16.3. The number of carbonyl (C=O) groups excluding carboxylic acids is 3. The third-order valence-electron chi connectivity index (χ3n) is 9.60. The van der Waals surface area contributed by atoms with Gasteiger partial charge in [0.1, 0.15) is 22.8 Å². The number of likely N-dealkylation sites (N-methyl/N-ethyl adjacent to an activating group) is 1. The summed E-state index contributed by atoms with van der Waals surface area (Å²) in [7, 11) is 6.66. The van der Waals surface area contributed by atoms with E-state index in [1.54, 1.807) is 39.2 Å². The Labute approximate surface area is 260 Å². The molecular weight excluding hydrogens is 584 g/mol. The second-order valence-electron chi connectivity index (χ2n) is 12.6. The quantitative estimate of drug-likeness (QED) is 0.0452. The number of aliphatic hydroxyl groups is 2. The minimum atomic E-state index is -2.59. The lowest BCUT2D eigenvalue weighted by Gasteiger charge is -2.49. The Balaban J connectivity index is 1.69. The number of amides is 1. The summed E-state index contributed by atoms with van der Waals surface area (Å²) in [5.41, 5.74) is 5.48. The van der Waals surface area contributed by atoms with Gasteiger partial charge in [-0.15, -0.1) is 4.91 Å². The Hall–Kier alpha value is -4.50.